The molecule has 1 aromatic rings. The normalized spacial score (nSPS) is 19.1. The highest BCUT2D eigenvalue weighted by Crippen LogP contribution is 2.38. The average Bonchev–Trinajstić information content (AvgIpc) is 2.56. The minimum atomic E-state index is 0.109. The zero-order valence-electron chi connectivity index (χ0n) is 13.1. The maximum Gasteiger partial charge on any atom is 0.0475 e. The van der Waals surface area contributed by atoms with E-state index in [1.165, 1.54) is 24.8 Å². The van der Waals surface area contributed by atoms with Crippen molar-refractivity contribution in [2.24, 2.45) is 5.73 Å². The van der Waals surface area contributed by atoms with E-state index in [0.29, 0.717) is 0 Å². The summed E-state index contributed by atoms with van der Waals surface area (Å²) >= 11 is 0. The Morgan fingerprint density at radius 1 is 1.14 bits per heavy atom. The fraction of sp³-hybridized carbons (Fsp3) is 0.579. The Balaban J connectivity index is 2.00. The van der Waals surface area contributed by atoms with Crippen LogP contribution in [0, 0.1) is 0 Å². The van der Waals surface area contributed by atoms with E-state index < -0.39 is 0 Å². The Bertz CT molecular complexity index is 409. The molecule has 1 fully saturated rings. The van der Waals surface area contributed by atoms with Gasteiger partial charge >= 0.3 is 0 Å². The van der Waals surface area contributed by atoms with Crippen LogP contribution in [0.4, 0.5) is 0 Å². The van der Waals surface area contributed by atoms with Crippen LogP contribution in [0.5, 0.6) is 0 Å². The predicted octanol–water partition coefficient (Wildman–Crippen LogP) is 4.20. The lowest BCUT2D eigenvalue weighted by Gasteiger charge is -2.42. The van der Waals surface area contributed by atoms with E-state index >= 15 is 0 Å². The summed E-state index contributed by atoms with van der Waals surface area (Å²) in [4.78, 5) is 0. The summed E-state index contributed by atoms with van der Waals surface area (Å²) < 4.78 is 5.59. The van der Waals surface area contributed by atoms with E-state index in [0.717, 1.165) is 38.9 Å². The van der Waals surface area contributed by atoms with Gasteiger partial charge in [-0.05, 0) is 37.7 Å². The van der Waals surface area contributed by atoms with Crippen LogP contribution < -0.4 is 5.73 Å². The molecule has 0 aromatic heterocycles. The number of hydrogen-bond acceptors (Lipinski definition) is 2. The molecule has 21 heavy (non-hydrogen) atoms. The van der Waals surface area contributed by atoms with E-state index in [2.05, 4.69) is 36.9 Å². The molecule has 2 rings (SSSR count). The highest BCUT2D eigenvalue weighted by Gasteiger charge is 2.39. The molecule has 0 aliphatic carbocycles. The number of unbranched alkanes of at least 4 members (excludes halogenated alkanes) is 3. The topological polar surface area (TPSA) is 35.2 Å². The Kier molecular flexibility index (Phi) is 6.47. The molecule has 1 saturated heterocycles. The first-order chi connectivity index (χ1) is 10.3. The SMILES string of the molecule is C=CCCCCCC(N)C1(c2ccccc2)CCOCC1. The Morgan fingerprint density at radius 3 is 2.52 bits per heavy atom. The molecule has 1 aromatic carbocycles. The fourth-order valence-corrected chi connectivity index (χ4v) is 3.49. The second kappa shape index (κ2) is 8.35. The highest BCUT2D eigenvalue weighted by molar-refractivity contribution is 5.28. The van der Waals surface area contributed by atoms with Gasteiger partial charge in [-0.1, -0.05) is 49.2 Å². The van der Waals surface area contributed by atoms with Crippen molar-refractivity contribution in [2.45, 2.75) is 56.4 Å². The lowest BCUT2D eigenvalue weighted by Crippen LogP contribution is -2.49. The molecule has 2 N–H and O–H groups in total. The molecule has 1 aliphatic rings. The zero-order valence-corrected chi connectivity index (χ0v) is 13.1. The molecule has 1 unspecified atom stereocenters. The first-order valence-electron chi connectivity index (χ1n) is 8.29. The van der Waals surface area contributed by atoms with Gasteiger partial charge in [-0.2, -0.15) is 0 Å². The molecule has 0 amide bonds. The Morgan fingerprint density at radius 2 is 1.86 bits per heavy atom. The monoisotopic (exact) mass is 287 g/mol. The Hall–Kier alpha value is -1.12. The van der Waals surface area contributed by atoms with Gasteiger partial charge in [0.1, 0.15) is 0 Å². The molecule has 0 saturated carbocycles. The molecule has 1 heterocycles. The number of rotatable bonds is 8. The number of hydrogen-bond donors (Lipinski definition) is 1. The minimum absolute atomic E-state index is 0.109. The van der Waals surface area contributed by atoms with E-state index in [1.54, 1.807) is 0 Å². The largest absolute Gasteiger partial charge is 0.381 e. The maximum absolute atomic E-state index is 6.65. The van der Waals surface area contributed by atoms with Crippen molar-refractivity contribution in [2.75, 3.05) is 13.2 Å². The number of ether oxygens (including phenoxy) is 1. The summed E-state index contributed by atoms with van der Waals surface area (Å²) in [6.07, 6.45) is 10.0. The maximum atomic E-state index is 6.65. The highest BCUT2D eigenvalue weighted by atomic mass is 16.5. The van der Waals surface area contributed by atoms with Crippen molar-refractivity contribution in [3.05, 3.63) is 48.6 Å². The van der Waals surface area contributed by atoms with E-state index in [1.807, 2.05) is 6.08 Å². The third-order valence-electron chi connectivity index (χ3n) is 4.87. The van der Waals surface area contributed by atoms with Gasteiger partial charge in [-0.15, -0.1) is 6.58 Å². The summed E-state index contributed by atoms with van der Waals surface area (Å²) in [5, 5.41) is 0. The van der Waals surface area contributed by atoms with Gasteiger partial charge in [0.2, 0.25) is 0 Å². The summed E-state index contributed by atoms with van der Waals surface area (Å²) in [6, 6.07) is 11.0. The number of nitrogens with two attached hydrogens (primary N) is 1. The van der Waals surface area contributed by atoms with Crippen molar-refractivity contribution < 1.29 is 4.74 Å². The van der Waals surface area contributed by atoms with Crippen LogP contribution in [0.15, 0.2) is 43.0 Å². The molecule has 2 heteroatoms. The van der Waals surface area contributed by atoms with Gasteiger partial charge in [-0.3, -0.25) is 0 Å². The van der Waals surface area contributed by atoms with E-state index in [9.17, 15) is 0 Å². The van der Waals surface area contributed by atoms with Gasteiger partial charge in [0, 0.05) is 24.7 Å². The van der Waals surface area contributed by atoms with Gasteiger partial charge in [0.05, 0.1) is 0 Å². The van der Waals surface area contributed by atoms with Crippen LogP contribution in [0.1, 0.15) is 50.5 Å². The third kappa shape index (κ3) is 4.18. The lowest BCUT2D eigenvalue weighted by atomic mass is 9.68. The van der Waals surface area contributed by atoms with Crippen LogP contribution in [0.25, 0.3) is 0 Å². The standard InChI is InChI=1S/C19H29NO/c1-2-3-4-5-9-12-18(20)19(13-15-21-16-14-19)17-10-7-6-8-11-17/h2,6-8,10-11,18H,1,3-5,9,12-16,20H2. The van der Waals surface area contributed by atoms with E-state index in [-0.39, 0.29) is 11.5 Å². The molecule has 116 valence electrons. The summed E-state index contributed by atoms with van der Waals surface area (Å²) in [7, 11) is 0. The van der Waals surface area contributed by atoms with Crippen molar-refractivity contribution in [3.8, 4) is 0 Å². The van der Waals surface area contributed by atoms with Crippen LogP contribution in [-0.4, -0.2) is 19.3 Å². The smallest absolute Gasteiger partial charge is 0.0475 e. The van der Waals surface area contributed by atoms with Crippen LogP contribution in [0.3, 0.4) is 0 Å². The molecule has 0 spiro atoms. The first-order valence-corrected chi connectivity index (χ1v) is 8.29. The zero-order chi connectivity index (χ0) is 15.0. The Labute approximate surface area is 129 Å². The number of benzene rings is 1. The first kappa shape index (κ1) is 16.3. The second-order valence-corrected chi connectivity index (χ2v) is 6.17. The average molecular weight is 287 g/mol. The molecule has 2 nitrogen and oxygen atoms in total. The minimum Gasteiger partial charge on any atom is -0.381 e. The van der Waals surface area contributed by atoms with E-state index in [4.69, 9.17) is 10.5 Å². The fourth-order valence-electron chi connectivity index (χ4n) is 3.49. The van der Waals surface area contributed by atoms with Gasteiger partial charge in [-0.25, -0.2) is 0 Å². The third-order valence-corrected chi connectivity index (χ3v) is 4.87. The quantitative estimate of drug-likeness (QED) is 0.574. The van der Waals surface area contributed by atoms with Crippen LogP contribution in [0.2, 0.25) is 0 Å². The summed E-state index contributed by atoms with van der Waals surface area (Å²) in [6.45, 7) is 5.44. The molecule has 0 bridgehead atoms. The summed E-state index contributed by atoms with van der Waals surface area (Å²) in [5.74, 6) is 0. The molecular formula is C19H29NO. The van der Waals surface area contributed by atoms with Crippen LogP contribution in [-0.2, 0) is 10.2 Å². The van der Waals surface area contributed by atoms with Crippen molar-refractivity contribution in [1.29, 1.82) is 0 Å². The van der Waals surface area contributed by atoms with Crippen molar-refractivity contribution >= 4 is 0 Å². The van der Waals surface area contributed by atoms with Gasteiger partial charge in [0.15, 0.2) is 0 Å². The van der Waals surface area contributed by atoms with Gasteiger partial charge in [0.25, 0.3) is 0 Å². The van der Waals surface area contributed by atoms with Crippen LogP contribution >= 0.6 is 0 Å². The molecular weight excluding hydrogens is 258 g/mol. The molecule has 1 atom stereocenters. The van der Waals surface area contributed by atoms with Gasteiger partial charge < -0.3 is 10.5 Å². The molecule has 1 aliphatic heterocycles. The molecule has 0 radical (unpaired) electrons. The lowest BCUT2D eigenvalue weighted by molar-refractivity contribution is 0.0385. The van der Waals surface area contributed by atoms with Crippen molar-refractivity contribution in [1.82, 2.24) is 0 Å². The summed E-state index contributed by atoms with van der Waals surface area (Å²) in [5.41, 5.74) is 8.16. The second-order valence-electron chi connectivity index (χ2n) is 6.17. The number of allylic oxidation sites excluding steroid dienone is 1. The van der Waals surface area contributed by atoms with Crippen molar-refractivity contribution in [3.63, 3.8) is 0 Å². The predicted molar refractivity (Wildman–Crippen MR) is 89.4 cm³/mol.